The van der Waals surface area contributed by atoms with Gasteiger partial charge in [0.15, 0.2) is 5.78 Å². The van der Waals surface area contributed by atoms with Crippen LogP contribution >= 0.6 is 11.6 Å². The summed E-state index contributed by atoms with van der Waals surface area (Å²) in [6.07, 6.45) is 3.83. The van der Waals surface area contributed by atoms with Crippen molar-refractivity contribution in [3.63, 3.8) is 0 Å². The average Bonchev–Trinajstić information content (AvgIpc) is 2.93. The number of Topliss-reactive ketones (excluding diaryl/α,β-unsaturated/α-hetero) is 1. The molecule has 6 heteroatoms. The van der Waals surface area contributed by atoms with Gasteiger partial charge in [-0.15, -0.1) is 0 Å². The summed E-state index contributed by atoms with van der Waals surface area (Å²) < 4.78 is 7.24. The number of likely N-dealkylation sites (tertiary alicyclic amines) is 1. The molecule has 0 spiro atoms. The monoisotopic (exact) mass is 361 g/mol. The van der Waals surface area contributed by atoms with Gasteiger partial charge in [-0.2, -0.15) is 5.10 Å². The average molecular weight is 362 g/mol. The van der Waals surface area contributed by atoms with Gasteiger partial charge in [-0.25, -0.2) is 0 Å². The van der Waals surface area contributed by atoms with Crippen LogP contribution in [0.3, 0.4) is 0 Å². The van der Waals surface area contributed by atoms with Crippen LogP contribution < -0.4 is 4.74 Å². The third-order valence-electron chi connectivity index (χ3n) is 5.03. The van der Waals surface area contributed by atoms with Crippen molar-refractivity contribution in [2.75, 3.05) is 20.2 Å². The maximum atomic E-state index is 13.0. The van der Waals surface area contributed by atoms with Crippen molar-refractivity contribution in [2.45, 2.75) is 26.3 Å². The largest absolute Gasteiger partial charge is 0.496 e. The summed E-state index contributed by atoms with van der Waals surface area (Å²) in [5.74, 6) is 0.680. The lowest BCUT2D eigenvalue weighted by molar-refractivity contribution is 0.0808. The Morgan fingerprint density at radius 2 is 2.24 bits per heavy atom. The number of rotatable bonds is 5. The number of benzene rings is 1. The van der Waals surface area contributed by atoms with E-state index < -0.39 is 0 Å². The fraction of sp³-hybridized carbons (Fsp3) is 0.474. The first-order valence-electron chi connectivity index (χ1n) is 8.57. The number of halogens is 1. The van der Waals surface area contributed by atoms with Gasteiger partial charge in [-0.3, -0.25) is 14.4 Å². The predicted octanol–water partition coefficient (Wildman–Crippen LogP) is 3.49. The first kappa shape index (κ1) is 18.0. The molecular formula is C19H24ClN3O2. The van der Waals surface area contributed by atoms with E-state index in [1.807, 2.05) is 17.9 Å². The molecule has 0 aliphatic carbocycles. The van der Waals surface area contributed by atoms with Crippen LogP contribution in [0.5, 0.6) is 5.75 Å². The van der Waals surface area contributed by atoms with Gasteiger partial charge in [0.1, 0.15) is 5.75 Å². The third kappa shape index (κ3) is 3.88. The topological polar surface area (TPSA) is 47.4 Å². The number of methoxy groups -OCH3 is 1. The lowest BCUT2D eigenvalue weighted by Gasteiger charge is -2.32. The SMILES string of the molecule is COc1ccc(Cl)cc1C(=O)[C@H]1CCCN(Cc2cnn(C)c2C)C1. The van der Waals surface area contributed by atoms with E-state index >= 15 is 0 Å². The Morgan fingerprint density at radius 1 is 1.44 bits per heavy atom. The molecule has 1 saturated heterocycles. The number of carbonyl (C=O) groups excluding carboxylic acids is 1. The number of nitrogens with zero attached hydrogens (tertiary/aromatic N) is 3. The highest BCUT2D eigenvalue weighted by Crippen LogP contribution is 2.29. The fourth-order valence-electron chi connectivity index (χ4n) is 3.45. The summed E-state index contributed by atoms with van der Waals surface area (Å²) in [4.78, 5) is 15.4. The van der Waals surface area contributed by atoms with Crippen LogP contribution in [0.2, 0.25) is 5.02 Å². The van der Waals surface area contributed by atoms with E-state index in [-0.39, 0.29) is 11.7 Å². The van der Waals surface area contributed by atoms with Crippen LogP contribution in [-0.4, -0.2) is 40.7 Å². The predicted molar refractivity (Wildman–Crippen MR) is 98.3 cm³/mol. The van der Waals surface area contributed by atoms with Crippen LogP contribution in [0.25, 0.3) is 0 Å². The number of piperidine rings is 1. The Bertz CT molecular complexity index is 772. The van der Waals surface area contributed by atoms with E-state index in [0.717, 1.165) is 32.5 Å². The van der Waals surface area contributed by atoms with E-state index in [1.165, 1.54) is 11.3 Å². The smallest absolute Gasteiger partial charge is 0.170 e. The Labute approximate surface area is 153 Å². The molecular weight excluding hydrogens is 338 g/mol. The van der Waals surface area contributed by atoms with Gasteiger partial charge in [0.25, 0.3) is 0 Å². The minimum Gasteiger partial charge on any atom is -0.496 e. The number of aromatic nitrogens is 2. The highest BCUT2D eigenvalue weighted by atomic mass is 35.5. The second kappa shape index (κ2) is 7.58. The molecule has 1 aromatic carbocycles. The van der Waals surface area contributed by atoms with Crippen LogP contribution in [0.4, 0.5) is 0 Å². The van der Waals surface area contributed by atoms with Gasteiger partial charge >= 0.3 is 0 Å². The molecule has 1 aliphatic rings. The molecule has 0 unspecified atom stereocenters. The standard InChI is InChI=1S/C19H24ClN3O2/c1-13-15(10-21-22(13)2)12-23-8-4-5-14(11-23)19(24)17-9-16(20)6-7-18(17)25-3/h6-7,9-10,14H,4-5,8,11-12H2,1-3H3/t14-/m0/s1. The maximum Gasteiger partial charge on any atom is 0.170 e. The lowest BCUT2D eigenvalue weighted by Crippen LogP contribution is -2.38. The molecule has 0 saturated carbocycles. The quantitative estimate of drug-likeness (QED) is 0.765. The molecule has 0 bridgehead atoms. The van der Waals surface area contributed by atoms with E-state index in [1.54, 1.807) is 25.3 Å². The van der Waals surface area contributed by atoms with Gasteiger partial charge in [0, 0.05) is 42.3 Å². The van der Waals surface area contributed by atoms with Crippen LogP contribution in [0.1, 0.15) is 34.5 Å². The van der Waals surface area contributed by atoms with Crippen LogP contribution in [-0.2, 0) is 13.6 Å². The van der Waals surface area contributed by atoms with Crippen molar-refractivity contribution < 1.29 is 9.53 Å². The van der Waals surface area contributed by atoms with Crippen molar-refractivity contribution in [2.24, 2.45) is 13.0 Å². The Kier molecular flexibility index (Phi) is 5.45. The van der Waals surface area contributed by atoms with Gasteiger partial charge in [0.05, 0.1) is 18.9 Å². The Morgan fingerprint density at radius 3 is 2.92 bits per heavy atom. The van der Waals surface area contributed by atoms with E-state index in [2.05, 4.69) is 16.9 Å². The lowest BCUT2D eigenvalue weighted by atomic mass is 9.89. The molecule has 1 aromatic heterocycles. The van der Waals surface area contributed by atoms with E-state index in [9.17, 15) is 4.79 Å². The first-order chi connectivity index (χ1) is 12.0. The minimum absolute atomic E-state index is 0.0295. The molecule has 134 valence electrons. The normalized spacial score (nSPS) is 18.3. The molecule has 25 heavy (non-hydrogen) atoms. The number of ether oxygens (including phenoxy) is 1. The summed E-state index contributed by atoms with van der Waals surface area (Å²) in [5, 5.41) is 4.87. The van der Waals surface area contributed by atoms with E-state index in [4.69, 9.17) is 16.3 Å². The second-order valence-corrected chi connectivity index (χ2v) is 7.10. The molecule has 3 rings (SSSR count). The van der Waals surface area contributed by atoms with Gasteiger partial charge in [-0.1, -0.05) is 11.6 Å². The third-order valence-corrected chi connectivity index (χ3v) is 5.27. The van der Waals surface area contributed by atoms with Gasteiger partial charge < -0.3 is 4.74 Å². The maximum absolute atomic E-state index is 13.0. The van der Waals surface area contributed by atoms with Crippen LogP contribution in [0, 0.1) is 12.8 Å². The zero-order valence-electron chi connectivity index (χ0n) is 15.0. The van der Waals surface area contributed by atoms with Gasteiger partial charge in [-0.05, 0) is 44.5 Å². The zero-order chi connectivity index (χ0) is 18.0. The molecule has 0 radical (unpaired) electrons. The molecule has 2 aromatic rings. The number of aryl methyl sites for hydroxylation is 1. The molecule has 5 nitrogen and oxygen atoms in total. The van der Waals surface area contributed by atoms with E-state index in [0.29, 0.717) is 16.3 Å². The zero-order valence-corrected chi connectivity index (χ0v) is 15.7. The summed E-state index contributed by atoms with van der Waals surface area (Å²) in [7, 11) is 3.53. The van der Waals surface area contributed by atoms with Crippen molar-refractivity contribution >= 4 is 17.4 Å². The van der Waals surface area contributed by atoms with Gasteiger partial charge in [0.2, 0.25) is 0 Å². The summed E-state index contributed by atoms with van der Waals surface area (Å²) in [5.41, 5.74) is 2.97. The van der Waals surface area contributed by atoms with Crippen molar-refractivity contribution in [1.29, 1.82) is 0 Å². The molecule has 1 aliphatic heterocycles. The first-order valence-corrected chi connectivity index (χ1v) is 8.95. The molecule has 1 atom stereocenters. The minimum atomic E-state index is -0.0295. The number of ketones is 1. The highest BCUT2D eigenvalue weighted by Gasteiger charge is 2.28. The summed E-state index contributed by atoms with van der Waals surface area (Å²) >= 11 is 6.09. The Hall–Kier alpha value is -1.85. The van der Waals surface area contributed by atoms with Crippen molar-refractivity contribution in [3.8, 4) is 5.75 Å². The molecule has 2 heterocycles. The molecule has 0 N–H and O–H groups in total. The summed E-state index contributed by atoms with van der Waals surface area (Å²) in [6, 6.07) is 5.22. The number of carbonyl (C=O) groups is 1. The van der Waals surface area contributed by atoms with Crippen molar-refractivity contribution in [3.05, 3.63) is 46.2 Å². The fourth-order valence-corrected chi connectivity index (χ4v) is 3.62. The highest BCUT2D eigenvalue weighted by molar-refractivity contribution is 6.31. The number of hydrogen-bond acceptors (Lipinski definition) is 4. The molecule has 0 amide bonds. The van der Waals surface area contributed by atoms with Crippen LogP contribution in [0.15, 0.2) is 24.4 Å². The Balaban J connectivity index is 1.74. The number of hydrogen-bond donors (Lipinski definition) is 0. The van der Waals surface area contributed by atoms with Crippen molar-refractivity contribution in [1.82, 2.24) is 14.7 Å². The summed E-state index contributed by atoms with van der Waals surface area (Å²) in [6.45, 7) is 4.66. The second-order valence-electron chi connectivity index (χ2n) is 6.66. The molecule has 1 fully saturated rings.